The molecule has 2 aliphatic heterocycles. The molecule has 118 valence electrons. The van der Waals surface area contributed by atoms with Crippen LogP contribution in [0.4, 0.5) is 0 Å². The van der Waals surface area contributed by atoms with E-state index in [0.717, 1.165) is 25.2 Å². The highest BCUT2D eigenvalue weighted by molar-refractivity contribution is 5.94. The molecule has 5 nitrogen and oxygen atoms in total. The highest BCUT2D eigenvalue weighted by Crippen LogP contribution is 2.32. The maximum atomic E-state index is 12.2. The number of nitrogens with one attached hydrogen (secondary N) is 1. The van der Waals surface area contributed by atoms with Crippen molar-refractivity contribution < 1.29 is 19.0 Å². The molecule has 0 unspecified atom stereocenters. The molecule has 1 amide bonds. The van der Waals surface area contributed by atoms with Gasteiger partial charge in [0.2, 0.25) is 6.79 Å². The molecule has 1 N–H and O–H groups in total. The lowest BCUT2D eigenvalue weighted by atomic mass is 10.1. The molecule has 0 aliphatic carbocycles. The van der Waals surface area contributed by atoms with Crippen LogP contribution in [0.1, 0.15) is 21.5 Å². The van der Waals surface area contributed by atoms with Crippen molar-refractivity contribution in [1.29, 1.82) is 0 Å². The van der Waals surface area contributed by atoms with Gasteiger partial charge in [0.1, 0.15) is 5.75 Å². The van der Waals surface area contributed by atoms with E-state index in [0.29, 0.717) is 23.6 Å². The van der Waals surface area contributed by atoms with Crippen molar-refractivity contribution in [2.24, 2.45) is 0 Å². The van der Waals surface area contributed by atoms with Crippen molar-refractivity contribution >= 4 is 5.91 Å². The number of amides is 1. The van der Waals surface area contributed by atoms with E-state index >= 15 is 0 Å². The Kier molecular flexibility index (Phi) is 3.54. The summed E-state index contributed by atoms with van der Waals surface area (Å²) in [5.41, 5.74) is 3.04. The standard InChI is InChI=1S/C18H17NO4/c20-18(14-2-4-16-17(10-14)23-11-22-16)19-7-5-12-1-3-15-13(9-12)6-8-21-15/h1-4,9-10H,5-8,11H2,(H,19,20). The number of ether oxygens (including phenoxy) is 3. The normalized spacial score (nSPS) is 14.3. The van der Waals surface area contributed by atoms with Crippen LogP contribution in [0, 0.1) is 0 Å². The van der Waals surface area contributed by atoms with E-state index in [4.69, 9.17) is 14.2 Å². The maximum absolute atomic E-state index is 12.2. The van der Waals surface area contributed by atoms with E-state index in [1.54, 1.807) is 18.2 Å². The minimum atomic E-state index is -0.104. The average molecular weight is 311 g/mol. The van der Waals surface area contributed by atoms with Crippen molar-refractivity contribution in [2.45, 2.75) is 12.8 Å². The van der Waals surface area contributed by atoms with Crippen molar-refractivity contribution in [3.05, 3.63) is 53.1 Å². The second-order valence-corrected chi connectivity index (χ2v) is 5.61. The molecular formula is C18H17NO4. The predicted octanol–water partition coefficient (Wildman–Crippen LogP) is 2.32. The molecular weight excluding hydrogens is 294 g/mol. The fraction of sp³-hybridized carbons (Fsp3) is 0.278. The van der Waals surface area contributed by atoms with Gasteiger partial charge in [-0.1, -0.05) is 12.1 Å². The van der Waals surface area contributed by atoms with Gasteiger partial charge >= 0.3 is 0 Å². The zero-order valence-corrected chi connectivity index (χ0v) is 12.6. The number of fused-ring (bicyclic) bond motifs is 2. The fourth-order valence-electron chi connectivity index (χ4n) is 2.86. The van der Waals surface area contributed by atoms with E-state index in [9.17, 15) is 4.79 Å². The molecule has 2 aromatic carbocycles. The molecule has 4 rings (SSSR count). The van der Waals surface area contributed by atoms with Gasteiger partial charge in [0.05, 0.1) is 6.61 Å². The van der Waals surface area contributed by atoms with Crippen LogP contribution in [-0.4, -0.2) is 25.9 Å². The third kappa shape index (κ3) is 2.82. The molecule has 0 spiro atoms. The van der Waals surface area contributed by atoms with Crippen LogP contribution in [0.5, 0.6) is 17.2 Å². The Balaban J connectivity index is 1.35. The van der Waals surface area contributed by atoms with Gasteiger partial charge in [-0.25, -0.2) is 0 Å². The summed E-state index contributed by atoms with van der Waals surface area (Å²) in [4.78, 5) is 12.2. The van der Waals surface area contributed by atoms with Gasteiger partial charge in [-0.05, 0) is 41.8 Å². The van der Waals surface area contributed by atoms with Gasteiger partial charge < -0.3 is 19.5 Å². The Labute approximate surface area is 134 Å². The molecule has 0 atom stereocenters. The number of benzene rings is 2. The minimum Gasteiger partial charge on any atom is -0.493 e. The van der Waals surface area contributed by atoms with Crippen LogP contribution in [0.2, 0.25) is 0 Å². The number of rotatable bonds is 4. The smallest absolute Gasteiger partial charge is 0.251 e. The summed E-state index contributed by atoms with van der Waals surface area (Å²) in [6, 6.07) is 11.4. The quantitative estimate of drug-likeness (QED) is 0.941. The molecule has 2 aromatic rings. The number of carbonyl (C=O) groups excluding carboxylic acids is 1. The largest absolute Gasteiger partial charge is 0.493 e. The second-order valence-electron chi connectivity index (χ2n) is 5.61. The Morgan fingerprint density at radius 1 is 1.00 bits per heavy atom. The third-order valence-corrected chi connectivity index (χ3v) is 4.09. The lowest BCUT2D eigenvalue weighted by Gasteiger charge is -2.07. The van der Waals surface area contributed by atoms with Gasteiger partial charge in [0.15, 0.2) is 11.5 Å². The highest BCUT2D eigenvalue weighted by atomic mass is 16.7. The van der Waals surface area contributed by atoms with Crippen LogP contribution in [0.15, 0.2) is 36.4 Å². The van der Waals surface area contributed by atoms with E-state index in [1.165, 1.54) is 11.1 Å². The van der Waals surface area contributed by atoms with Crippen LogP contribution >= 0.6 is 0 Å². The van der Waals surface area contributed by atoms with Crippen LogP contribution < -0.4 is 19.5 Å². The molecule has 0 radical (unpaired) electrons. The van der Waals surface area contributed by atoms with Crippen molar-refractivity contribution in [1.82, 2.24) is 5.32 Å². The molecule has 2 heterocycles. The van der Waals surface area contributed by atoms with Gasteiger partial charge in [-0.15, -0.1) is 0 Å². The summed E-state index contributed by atoms with van der Waals surface area (Å²) >= 11 is 0. The first-order valence-corrected chi connectivity index (χ1v) is 7.72. The van der Waals surface area contributed by atoms with Gasteiger partial charge in [0.25, 0.3) is 5.91 Å². The van der Waals surface area contributed by atoms with Crippen molar-refractivity contribution in [3.8, 4) is 17.2 Å². The van der Waals surface area contributed by atoms with E-state index in [2.05, 4.69) is 17.4 Å². The SMILES string of the molecule is O=C(NCCc1ccc2c(c1)CCO2)c1ccc2c(c1)OCO2. The highest BCUT2D eigenvalue weighted by Gasteiger charge is 2.16. The Morgan fingerprint density at radius 3 is 2.83 bits per heavy atom. The monoisotopic (exact) mass is 311 g/mol. The number of hydrogen-bond donors (Lipinski definition) is 1. The molecule has 0 fully saturated rings. The minimum absolute atomic E-state index is 0.104. The van der Waals surface area contributed by atoms with Gasteiger partial charge in [-0.2, -0.15) is 0 Å². The van der Waals surface area contributed by atoms with Crippen LogP contribution in [0.25, 0.3) is 0 Å². The Bertz CT molecular complexity index is 757. The van der Waals surface area contributed by atoms with Crippen LogP contribution in [0.3, 0.4) is 0 Å². The zero-order valence-electron chi connectivity index (χ0n) is 12.6. The molecule has 0 saturated heterocycles. The molecule has 2 aliphatic rings. The molecule has 0 aromatic heterocycles. The predicted molar refractivity (Wildman–Crippen MR) is 84.2 cm³/mol. The molecule has 0 saturated carbocycles. The lowest BCUT2D eigenvalue weighted by Crippen LogP contribution is -2.25. The zero-order chi connectivity index (χ0) is 15.6. The fourth-order valence-corrected chi connectivity index (χ4v) is 2.86. The summed E-state index contributed by atoms with van der Waals surface area (Å²) in [6.45, 7) is 1.56. The summed E-state index contributed by atoms with van der Waals surface area (Å²) in [5.74, 6) is 2.18. The maximum Gasteiger partial charge on any atom is 0.251 e. The summed E-state index contributed by atoms with van der Waals surface area (Å²) < 4.78 is 16.0. The molecule has 23 heavy (non-hydrogen) atoms. The van der Waals surface area contributed by atoms with Crippen molar-refractivity contribution in [2.75, 3.05) is 19.9 Å². The molecule has 5 heteroatoms. The Hall–Kier alpha value is -2.69. The molecule has 0 bridgehead atoms. The summed E-state index contributed by atoms with van der Waals surface area (Å²) in [7, 11) is 0. The van der Waals surface area contributed by atoms with Crippen molar-refractivity contribution in [3.63, 3.8) is 0 Å². The van der Waals surface area contributed by atoms with Gasteiger partial charge in [0, 0.05) is 18.5 Å². The van der Waals surface area contributed by atoms with Crippen LogP contribution in [-0.2, 0) is 12.8 Å². The lowest BCUT2D eigenvalue weighted by molar-refractivity contribution is 0.0953. The van der Waals surface area contributed by atoms with Gasteiger partial charge in [-0.3, -0.25) is 4.79 Å². The first-order chi connectivity index (χ1) is 11.3. The second kappa shape index (κ2) is 5.83. The third-order valence-electron chi connectivity index (χ3n) is 4.09. The summed E-state index contributed by atoms with van der Waals surface area (Å²) in [6.07, 6.45) is 1.76. The summed E-state index contributed by atoms with van der Waals surface area (Å²) in [5, 5.41) is 2.94. The topological polar surface area (TPSA) is 56.8 Å². The first-order valence-electron chi connectivity index (χ1n) is 7.72. The number of hydrogen-bond acceptors (Lipinski definition) is 4. The van der Waals surface area contributed by atoms with E-state index < -0.39 is 0 Å². The number of carbonyl (C=O) groups is 1. The average Bonchev–Trinajstić information content (AvgIpc) is 3.22. The van der Waals surface area contributed by atoms with E-state index in [1.807, 2.05) is 6.07 Å². The van der Waals surface area contributed by atoms with E-state index in [-0.39, 0.29) is 12.7 Å². The first kappa shape index (κ1) is 13.9. The Morgan fingerprint density at radius 2 is 1.87 bits per heavy atom.